The fraction of sp³-hybridized carbons (Fsp3) is 0.278. The van der Waals surface area contributed by atoms with Gasteiger partial charge in [-0.3, -0.25) is 4.79 Å². The van der Waals surface area contributed by atoms with E-state index in [1.807, 2.05) is 27.7 Å². The van der Waals surface area contributed by atoms with Crippen molar-refractivity contribution in [2.24, 2.45) is 5.92 Å². The van der Waals surface area contributed by atoms with Crippen LogP contribution in [0.1, 0.15) is 18.9 Å². The summed E-state index contributed by atoms with van der Waals surface area (Å²) in [7, 11) is 1.92. The SMILES string of the molecule is CC(C(=O)OP)C(O)CCc1ccc(-c2ccccc2)cc1. The van der Waals surface area contributed by atoms with Crippen molar-refractivity contribution in [2.75, 3.05) is 0 Å². The van der Waals surface area contributed by atoms with Gasteiger partial charge < -0.3 is 9.63 Å². The highest BCUT2D eigenvalue weighted by atomic mass is 31.0. The molecule has 2 rings (SSSR count). The number of aliphatic hydroxyl groups is 1. The maximum Gasteiger partial charge on any atom is 0.313 e. The average Bonchev–Trinajstić information content (AvgIpc) is 2.59. The Kier molecular flexibility index (Phi) is 6.11. The van der Waals surface area contributed by atoms with Gasteiger partial charge in [-0.1, -0.05) is 54.6 Å². The Balaban J connectivity index is 1.93. The molecule has 3 nitrogen and oxygen atoms in total. The van der Waals surface area contributed by atoms with Crippen molar-refractivity contribution in [1.82, 2.24) is 0 Å². The molecule has 4 heteroatoms. The van der Waals surface area contributed by atoms with Gasteiger partial charge in [0.2, 0.25) is 0 Å². The molecule has 0 aromatic heterocycles. The summed E-state index contributed by atoms with van der Waals surface area (Å²) in [6.45, 7) is 1.68. The minimum Gasteiger partial charge on any atom is -0.451 e. The van der Waals surface area contributed by atoms with E-state index in [1.165, 1.54) is 11.1 Å². The summed E-state index contributed by atoms with van der Waals surface area (Å²) >= 11 is 0. The van der Waals surface area contributed by atoms with Crippen LogP contribution in [-0.2, 0) is 15.7 Å². The lowest BCUT2D eigenvalue weighted by Gasteiger charge is -2.16. The molecule has 3 atom stereocenters. The van der Waals surface area contributed by atoms with Crippen LogP contribution in [0.25, 0.3) is 11.1 Å². The van der Waals surface area contributed by atoms with Gasteiger partial charge in [0.1, 0.15) is 0 Å². The molecule has 0 saturated carbocycles. The molecule has 0 bridgehead atoms. The smallest absolute Gasteiger partial charge is 0.313 e. The molecular weight excluding hydrogens is 295 g/mol. The van der Waals surface area contributed by atoms with Gasteiger partial charge >= 0.3 is 5.97 Å². The maximum atomic E-state index is 11.4. The fourth-order valence-electron chi connectivity index (χ4n) is 2.32. The predicted molar refractivity (Wildman–Crippen MR) is 91.2 cm³/mol. The Labute approximate surface area is 133 Å². The quantitative estimate of drug-likeness (QED) is 0.828. The number of aryl methyl sites for hydroxylation is 1. The van der Waals surface area contributed by atoms with E-state index >= 15 is 0 Å². The molecule has 0 amide bonds. The van der Waals surface area contributed by atoms with Gasteiger partial charge in [-0.05, 0) is 36.5 Å². The van der Waals surface area contributed by atoms with Crippen LogP contribution in [0.2, 0.25) is 0 Å². The Morgan fingerprint density at radius 1 is 1.09 bits per heavy atom. The van der Waals surface area contributed by atoms with Crippen LogP contribution in [0.3, 0.4) is 0 Å². The summed E-state index contributed by atoms with van der Waals surface area (Å²) in [5.74, 6) is -0.919. The lowest BCUT2D eigenvalue weighted by molar-refractivity contribution is -0.140. The first kappa shape index (κ1) is 16.7. The Hall–Kier alpha value is -1.70. The number of carbonyl (C=O) groups is 1. The molecule has 0 saturated heterocycles. The van der Waals surface area contributed by atoms with Gasteiger partial charge in [0.25, 0.3) is 0 Å². The molecule has 2 aromatic carbocycles. The molecule has 0 heterocycles. The first-order valence-corrected chi connectivity index (χ1v) is 7.82. The number of benzene rings is 2. The largest absolute Gasteiger partial charge is 0.451 e. The zero-order valence-electron chi connectivity index (χ0n) is 12.6. The first-order valence-electron chi connectivity index (χ1n) is 7.35. The summed E-state index contributed by atoms with van der Waals surface area (Å²) in [6.07, 6.45) is 0.568. The van der Waals surface area contributed by atoms with Crippen LogP contribution in [0.15, 0.2) is 54.6 Å². The van der Waals surface area contributed by atoms with E-state index in [1.54, 1.807) is 6.92 Å². The number of aliphatic hydroxyl groups excluding tert-OH is 1. The number of carbonyl (C=O) groups excluding carboxylic acids is 1. The lowest BCUT2D eigenvalue weighted by Crippen LogP contribution is -2.26. The lowest BCUT2D eigenvalue weighted by atomic mass is 9.97. The van der Waals surface area contributed by atoms with E-state index < -0.39 is 18.0 Å². The topological polar surface area (TPSA) is 46.5 Å². The highest BCUT2D eigenvalue weighted by Gasteiger charge is 2.22. The Morgan fingerprint density at radius 3 is 2.27 bits per heavy atom. The minimum atomic E-state index is -0.693. The van der Waals surface area contributed by atoms with Crippen molar-refractivity contribution in [2.45, 2.75) is 25.9 Å². The van der Waals surface area contributed by atoms with Gasteiger partial charge in [-0.2, -0.15) is 0 Å². The van der Waals surface area contributed by atoms with Crippen LogP contribution in [0.4, 0.5) is 0 Å². The van der Waals surface area contributed by atoms with Gasteiger partial charge in [0, 0.05) is 0 Å². The van der Waals surface area contributed by atoms with Crippen LogP contribution in [-0.4, -0.2) is 17.2 Å². The standard InChI is InChI=1S/C18H21O3P/c1-13(18(20)21-22)17(19)12-9-14-7-10-16(11-8-14)15-5-3-2-4-6-15/h2-8,10-11,13,17,19H,9,12,22H2,1H3. The van der Waals surface area contributed by atoms with Crippen LogP contribution in [0.5, 0.6) is 0 Å². The molecular formula is C18H21O3P. The summed E-state index contributed by atoms with van der Waals surface area (Å²) in [6, 6.07) is 18.5. The van der Waals surface area contributed by atoms with E-state index in [-0.39, 0.29) is 0 Å². The molecule has 0 spiro atoms. The maximum absolute atomic E-state index is 11.4. The van der Waals surface area contributed by atoms with Gasteiger partial charge in [0.05, 0.1) is 21.5 Å². The van der Waals surface area contributed by atoms with Crippen molar-refractivity contribution >= 4 is 15.4 Å². The van der Waals surface area contributed by atoms with Crippen molar-refractivity contribution in [3.05, 3.63) is 60.2 Å². The van der Waals surface area contributed by atoms with Crippen molar-refractivity contribution in [3.63, 3.8) is 0 Å². The highest BCUT2D eigenvalue weighted by molar-refractivity contribution is 7.10. The van der Waals surface area contributed by atoms with E-state index in [9.17, 15) is 9.90 Å². The second kappa shape index (κ2) is 8.07. The average molecular weight is 316 g/mol. The van der Waals surface area contributed by atoms with E-state index in [4.69, 9.17) is 0 Å². The molecule has 22 heavy (non-hydrogen) atoms. The van der Waals surface area contributed by atoms with Crippen molar-refractivity contribution < 1.29 is 14.4 Å². The Morgan fingerprint density at radius 2 is 1.68 bits per heavy atom. The van der Waals surface area contributed by atoms with Crippen molar-refractivity contribution in [1.29, 1.82) is 0 Å². The number of hydrogen-bond donors (Lipinski definition) is 1. The molecule has 3 unspecified atom stereocenters. The fourth-order valence-corrected chi connectivity index (χ4v) is 2.54. The monoisotopic (exact) mass is 316 g/mol. The van der Waals surface area contributed by atoms with Gasteiger partial charge in [-0.25, -0.2) is 0 Å². The molecule has 0 aliphatic heterocycles. The summed E-state index contributed by atoms with van der Waals surface area (Å²) in [5.41, 5.74) is 3.50. The molecule has 0 aliphatic carbocycles. The van der Waals surface area contributed by atoms with E-state index in [2.05, 4.69) is 40.9 Å². The second-order valence-electron chi connectivity index (χ2n) is 5.39. The number of hydrogen-bond acceptors (Lipinski definition) is 3. The summed E-state index contributed by atoms with van der Waals surface area (Å²) in [5, 5.41) is 10.0. The summed E-state index contributed by atoms with van der Waals surface area (Å²) < 4.78 is 4.57. The molecule has 0 fully saturated rings. The molecule has 0 radical (unpaired) electrons. The molecule has 1 N–H and O–H groups in total. The van der Waals surface area contributed by atoms with Gasteiger partial charge in [-0.15, -0.1) is 0 Å². The molecule has 116 valence electrons. The normalized spacial score (nSPS) is 13.4. The first-order chi connectivity index (χ1) is 10.6. The Bertz CT molecular complexity index is 595. The third-order valence-corrected chi connectivity index (χ3v) is 4.09. The highest BCUT2D eigenvalue weighted by Crippen LogP contribution is 2.20. The van der Waals surface area contributed by atoms with E-state index in [0.29, 0.717) is 6.42 Å². The van der Waals surface area contributed by atoms with Crippen LogP contribution >= 0.6 is 9.47 Å². The van der Waals surface area contributed by atoms with Crippen LogP contribution < -0.4 is 0 Å². The number of rotatable bonds is 6. The van der Waals surface area contributed by atoms with Crippen LogP contribution in [0, 0.1) is 5.92 Å². The molecule has 2 aromatic rings. The molecule has 0 aliphatic rings. The minimum absolute atomic E-state index is 0.406. The van der Waals surface area contributed by atoms with Crippen molar-refractivity contribution in [3.8, 4) is 11.1 Å². The zero-order chi connectivity index (χ0) is 15.9. The predicted octanol–water partition coefficient (Wildman–Crippen LogP) is 3.62. The summed E-state index contributed by atoms with van der Waals surface area (Å²) in [4.78, 5) is 11.4. The van der Waals surface area contributed by atoms with E-state index in [0.717, 1.165) is 12.0 Å². The third-order valence-electron chi connectivity index (χ3n) is 3.85. The third kappa shape index (κ3) is 4.40. The second-order valence-corrected chi connectivity index (χ2v) is 5.63. The van der Waals surface area contributed by atoms with Gasteiger partial charge in [0.15, 0.2) is 0 Å². The zero-order valence-corrected chi connectivity index (χ0v) is 13.8.